The van der Waals surface area contributed by atoms with E-state index in [4.69, 9.17) is 21.1 Å². The van der Waals surface area contributed by atoms with Gasteiger partial charge < -0.3 is 20.1 Å². The van der Waals surface area contributed by atoms with E-state index in [1.54, 1.807) is 18.2 Å². The Hall–Kier alpha value is -2.49. The number of rotatable bonds is 9. The standard InChI is InChI=1S/C20H24ClN3O5S/c1-12-8-17(19(29-3)10-15(12)21)23-20(25)11-22-16-9-14(6-7-18(16)28-2)30(26,27)24-13-4-5-13/h6-10,13,22,24H,4-5,11H2,1-3H3,(H,23,25). The van der Waals surface area contributed by atoms with E-state index in [2.05, 4.69) is 15.4 Å². The van der Waals surface area contributed by atoms with E-state index in [9.17, 15) is 13.2 Å². The number of hydrogen-bond donors (Lipinski definition) is 3. The van der Waals surface area contributed by atoms with Gasteiger partial charge in [-0.3, -0.25) is 4.79 Å². The zero-order chi connectivity index (χ0) is 21.9. The van der Waals surface area contributed by atoms with Crippen LogP contribution in [0, 0.1) is 6.92 Å². The fourth-order valence-electron chi connectivity index (χ4n) is 2.78. The van der Waals surface area contributed by atoms with Gasteiger partial charge in [-0.15, -0.1) is 0 Å². The zero-order valence-electron chi connectivity index (χ0n) is 16.9. The van der Waals surface area contributed by atoms with Crippen molar-refractivity contribution in [3.05, 3.63) is 40.9 Å². The summed E-state index contributed by atoms with van der Waals surface area (Å²) in [6.07, 6.45) is 1.68. The molecule has 0 atom stereocenters. The van der Waals surface area contributed by atoms with Crippen molar-refractivity contribution in [3.63, 3.8) is 0 Å². The second-order valence-corrected chi connectivity index (χ2v) is 9.08. The number of carbonyl (C=O) groups excluding carboxylic acids is 1. The Kier molecular flexibility index (Phi) is 6.74. The van der Waals surface area contributed by atoms with Crippen molar-refractivity contribution in [2.75, 3.05) is 31.4 Å². The van der Waals surface area contributed by atoms with Crippen LogP contribution in [-0.4, -0.2) is 41.1 Å². The van der Waals surface area contributed by atoms with Gasteiger partial charge in [0.15, 0.2) is 0 Å². The molecule has 0 aliphatic heterocycles. The third-order valence-corrected chi connectivity index (χ3v) is 6.50. The average molecular weight is 454 g/mol. The first kappa shape index (κ1) is 22.2. The number of sulfonamides is 1. The van der Waals surface area contributed by atoms with E-state index >= 15 is 0 Å². The highest BCUT2D eigenvalue weighted by Gasteiger charge is 2.28. The molecule has 162 valence electrons. The highest BCUT2D eigenvalue weighted by atomic mass is 35.5. The van der Waals surface area contributed by atoms with Crippen LogP contribution in [0.15, 0.2) is 35.2 Å². The predicted molar refractivity (Wildman–Crippen MR) is 116 cm³/mol. The lowest BCUT2D eigenvalue weighted by Crippen LogP contribution is -2.26. The van der Waals surface area contributed by atoms with Crippen molar-refractivity contribution < 1.29 is 22.7 Å². The number of ether oxygens (including phenoxy) is 2. The number of halogens is 1. The lowest BCUT2D eigenvalue weighted by molar-refractivity contribution is -0.114. The van der Waals surface area contributed by atoms with Crippen LogP contribution >= 0.6 is 11.6 Å². The van der Waals surface area contributed by atoms with Gasteiger partial charge in [-0.1, -0.05) is 11.6 Å². The van der Waals surface area contributed by atoms with Crippen LogP contribution in [0.1, 0.15) is 18.4 Å². The van der Waals surface area contributed by atoms with Gasteiger partial charge in [-0.05, 0) is 49.6 Å². The molecule has 0 aromatic heterocycles. The van der Waals surface area contributed by atoms with Crippen molar-refractivity contribution in [3.8, 4) is 11.5 Å². The second kappa shape index (κ2) is 9.11. The zero-order valence-corrected chi connectivity index (χ0v) is 18.5. The molecule has 8 nitrogen and oxygen atoms in total. The molecule has 2 aromatic carbocycles. The minimum absolute atomic E-state index is 0.00268. The SMILES string of the molecule is COc1ccc(S(=O)(=O)NC2CC2)cc1NCC(=O)Nc1cc(C)c(Cl)cc1OC. The molecule has 2 aromatic rings. The van der Waals surface area contributed by atoms with E-state index < -0.39 is 10.0 Å². The molecule has 0 radical (unpaired) electrons. The summed E-state index contributed by atoms with van der Waals surface area (Å²) in [5, 5.41) is 6.23. The molecule has 0 saturated heterocycles. The van der Waals surface area contributed by atoms with E-state index in [1.807, 2.05) is 6.92 Å². The van der Waals surface area contributed by atoms with Crippen LogP contribution in [-0.2, 0) is 14.8 Å². The van der Waals surface area contributed by atoms with Gasteiger partial charge >= 0.3 is 0 Å². The minimum atomic E-state index is -3.62. The summed E-state index contributed by atoms with van der Waals surface area (Å²) in [6.45, 7) is 1.71. The monoisotopic (exact) mass is 453 g/mol. The van der Waals surface area contributed by atoms with E-state index in [0.29, 0.717) is 27.9 Å². The van der Waals surface area contributed by atoms with Gasteiger partial charge in [0.05, 0.1) is 37.0 Å². The molecule has 0 unspecified atom stereocenters. The number of anilines is 2. The number of methoxy groups -OCH3 is 2. The molecule has 3 rings (SSSR count). The highest BCUT2D eigenvalue weighted by Crippen LogP contribution is 2.31. The van der Waals surface area contributed by atoms with Crippen LogP contribution in [0.3, 0.4) is 0 Å². The fourth-order valence-corrected chi connectivity index (χ4v) is 4.27. The van der Waals surface area contributed by atoms with Gasteiger partial charge in [-0.25, -0.2) is 13.1 Å². The first-order valence-corrected chi connectivity index (χ1v) is 11.2. The van der Waals surface area contributed by atoms with E-state index in [-0.39, 0.29) is 23.4 Å². The molecular weight excluding hydrogens is 430 g/mol. The number of amides is 1. The summed E-state index contributed by atoms with van der Waals surface area (Å²) < 4.78 is 38.1. The van der Waals surface area contributed by atoms with Gasteiger partial charge in [0.25, 0.3) is 0 Å². The van der Waals surface area contributed by atoms with Crippen LogP contribution in [0.5, 0.6) is 11.5 Å². The maximum Gasteiger partial charge on any atom is 0.243 e. The topological polar surface area (TPSA) is 106 Å². The first-order chi connectivity index (χ1) is 14.2. The molecule has 1 fully saturated rings. The van der Waals surface area contributed by atoms with Crippen molar-refractivity contribution >= 4 is 38.9 Å². The Bertz CT molecular complexity index is 1050. The van der Waals surface area contributed by atoms with Crippen LogP contribution < -0.4 is 24.8 Å². The Balaban J connectivity index is 1.72. The molecule has 1 aliphatic rings. The van der Waals surface area contributed by atoms with Crippen molar-refractivity contribution in [2.45, 2.75) is 30.7 Å². The molecular formula is C20H24ClN3O5S. The molecule has 0 heterocycles. The third kappa shape index (κ3) is 5.35. The Morgan fingerprint density at radius 2 is 1.80 bits per heavy atom. The predicted octanol–water partition coefficient (Wildman–Crippen LogP) is 3.16. The van der Waals surface area contributed by atoms with E-state index in [0.717, 1.165) is 18.4 Å². The molecule has 3 N–H and O–H groups in total. The first-order valence-electron chi connectivity index (χ1n) is 9.31. The molecule has 10 heteroatoms. The number of carbonyl (C=O) groups is 1. The number of hydrogen-bond acceptors (Lipinski definition) is 6. The molecule has 1 amide bonds. The van der Waals surface area contributed by atoms with Crippen LogP contribution in [0.25, 0.3) is 0 Å². The number of nitrogens with one attached hydrogen (secondary N) is 3. The smallest absolute Gasteiger partial charge is 0.243 e. The second-order valence-electron chi connectivity index (χ2n) is 6.96. The Labute approximate surface area is 181 Å². The van der Waals surface area contributed by atoms with Crippen LogP contribution in [0.2, 0.25) is 5.02 Å². The highest BCUT2D eigenvalue weighted by molar-refractivity contribution is 7.89. The number of benzene rings is 2. The summed E-state index contributed by atoms with van der Waals surface area (Å²) >= 11 is 6.09. The van der Waals surface area contributed by atoms with E-state index in [1.165, 1.54) is 26.4 Å². The summed E-state index contributed by atoms with van der Waals surface area (Å²) in [5.74, 6) is 0.519. The summed E-state index contributed by atoms with van der Waals surface area (Å²) in [7, 11) is -0.666. The summed E-state index contributed by atoms with van der Waals surface area (Å²) in [4.78, 5) is 12.6. The summed E-state index contributed by atoms with van der Waals surface area (Å²) in [6, 6.07) is 7.81. The lowest BCUT2D eigenvalue weighted by Gasteiger charge is -2.15. The average Bonchev–Trinajstić information content (AvgIpc) is 3.52. The lowest BCUT2D eigenvalue weighted by atomic mass is 10.2. The Morgan fingerprint density at radius 1 is 1.10 bits per heavy atom. The quantitative estimate of drug-likeness (QED) is 0.538. The molecule has 1 saturated carbocycles. The van der Waals surface area contributed by atoms with Gasteiger partial charge in [0.2, 0.25) is 15.9 Å². The minimum Gasteiger partial charge on any atom is -0.495 e. The third-order valence-electron chi connectivity index (χ3n) is 4.57. The largest absolute Gasteiger partial charge is 0.495 e. The van der Waals surface area contributed by atoms with Crippen molar-refractivity contribution in [1.29, 1.82) is 0 Å². The maximum absolute atomic E-state index is 12.5. The van der Waals surface area contributed by atoms with Crippen LogP contribution in [0.4, 0.5) is 11.4 Å². The number of aryl methyl sites for hydroxylation is 1. The molecule has 0 bridgehead atoms. The Morgan fingerprint density at radius 3 is 2.43 bits per heavy atom. The molecule has 30 heavy (non-hydrogen) atoms. The maximum atomic E-state index is 12.5. The summed E-state index contributed by atoms with van der Waals surface area (Å²) in [5.41, 5.74) is 1.68. The van der Waals surface area contributed by atoms with Gasteiger partial charge in [0.1, 0.15) is 11.5 Å². The fraction of sp³-hybridized carbons (Fsp3) is 0.350. The van der Waals surface area contributed by atoms with Crippen molar-refractivity contribution in [2.24, 2.45) is 0 Å². The van der Waals surface area contributed by atoms with Gasteiger partial charge in [-0.2, -0.15) is 0 Å². The molecule has 0 spiro atoms. The molecule has 1 aliphatic carbocycles. The normalized spacial score (nSPS) is 13.6. The van der Waals surface area contributed by atoms with Gasteiger partial charge in [0, 0.05) is 17.1 Å². The van der Waals surface area contributed by atoms with Crippen molar-refractivity contribution in [1.82, 2.24) is 4.72 Å².